The number of rotatable bonds is 4. The topological polar surface area (TPSA) is 64.7 Å². The van der Waals surface area contributed by atoms with Crippen molar-refractivity contribution < 1.29 is 32.3 Å². The molecule has 0 saturated carbocycles. The lowest BCUT2D eigenvalue weighted by molar-refractivity contribution is -0.142. The second-order valence-corrected chi connectivity index (χ2v) is 5.82. The van der Waals surface area contributed by atoms with Crippen LogP contribution in [0.25, 0.3) is 22.5 Å². The number of aromatic hydroxyl groups is 1. The predicted octanol–water partition coefficient (Wildman–Crippen LogP) is 5.40. The first kappa shape index (κ1) is 18.9. The zero-order valence-corrected chi connectivity index (χ0v) is 14.9. The lowest BCUT2D eigenvalue weighted by Crippen LogP contribution is -2.07. The number of phenolic OH excluding ortho intramolecular Hbond substituents is 1. The highest BCUT2D eigenvalue weighted by atomic mass is 35.5. The molecule has 0 fully saturated rings. The molecule has 0 radical (unpaired) electrons. The molecule has 2 aromatic carbocycles. The Hall–Kier alpha value is -2.87. The van der Waals surface area contributed by atoms with Crippen molar-refractivity contribution in [3.8, 4) is 39.7 Å². The molecule has 0 bridgehead atoms. The molecule has 0 spiro atoms. The van der Waals surface area contributed by atoms with Gasteiger partial charge in [0.25, 0.3) is 0 Å². The van der Waals surface area contributed by atoms with Crippen molar-refractivity contribution in [3.05, 3.63) is 47.1 Å². The third-order valence-electron chi connectivity index (χ3n) is 3.87. The van der Waals surface area contributed by atoms with Gasteiger partial charge in [0.2, 0.25) is 5.75 Å². The molecule has 0 amide bonds. The summed E-state index contributed by atoms with van der Waals surface area (Å²) in [6.07, 6.45) is -4.79. The highest BCUT2D eigenvalue weighted by molar-refractivity contribution is 6.33. The Labute approximate surface area is 156 Å². The molecule has 1 aromatic heterocycles. The monoisotopic (exact) mass is 399 g/mol. The Morgan fingerprint density at radius 3 is 2.33 bits per heavy atom. The van der Waals surface area contributed by atoms with E-state index in [2.05, 4.69) is 5.16 Å². The molecule has 0 atom stereocenters. The van der Waals surface area contributed by atoms with Crippen LogP contribution in [0.4, 0.5) is 13.2 Å². The van der Waals surface area contributed by atoms with Gasteiger partial charge in [0.05, 0.1) is 25.3 Å². The van der Waals surface area contributed by atoms with Crippen LogP contribution in [0.15, 0.2) is 40.9 Å². The molecule has 3 rings (SSSR count). The maximum absolute atomic E-state index is 13.5. The van der Waals surface area contributed by atoms with Gasteiger partial charge in [-0.3, -0.25) is 0 Å². The number of alkyl halides is 3. The second kappa shape index (κ2) is 7.03. The molecule has 0 aliphatic carbocycles. The first-order valence-electron chi connectivity index (χ1n) is 7.55. The van der Waals surface area contributed by atoms with Crippen LogP contribution in [0.5, 0.6) is 17.2 Å². The van der Waals surface area contributed by atoms with Gasteiger partial charge in [-0.05, 0) is 18.2 Å². The number of aromatic nitrogens is 1. The summed E-state index contributed by atoms with van der Waals surface area (Å²) in [6.45, 7) is 0. The molecule has 27 heavy (non-hydrogen) atoms. The van der Waals surface area contributed by atoms with Gasteiger partial charge in [0, 0.05) is 10.6 Å². The number of methoxy groups -OCH3 is 2. The maximum Gasteiger partial charge on any atom is 0.437 e. The zero-order valence-electron chi connectivity index (χ0n) is 14.1. The summed E-state index contributed by atoms with van der Waals surface area (Å²) in [6, 6.07) is 8.75. The molecule has 5 nitrogen and oxygen atoms in total. The first-order valence-corrected chi connectivity index (χ1v) is 7.93. The van der Waals surface area contributed by atoms with Gasteiger partial charge in [-0.15, -0.1) is 0 Å². The third-order valence-corrected chi connectivity index (χ3v) is 4.20. The van der Waals surface area contributed by atoms with E-state index < -0.39 is 17.6 Å². The van der Waals surface area contributed by atoms with Crippen molar-refractivity contribution in [2.45, 2.75) is 6.18 Å². The van der Waals surface area contributed by atoms with Crippen molar-refractivity contribution in [2.75, 3.05) is 14.2 Å². The number of ether oxygens (including phenoxy) is 2. The van der Waals surface area contributed by atoms with E-state index in [4.69, 9.17) is 25.6 Å². The highest BCUT2D eigenvalue weighted by Crippen LogP contribution is 2.49. The number of nitrogens with zero attached hydrogens (tertiary/aromatic N) is 1. The van der Waals surface area contributed by atoms with Gasteiger partial charge in [0.15, 0.2) is 23.0 Å². The highest BCUT2D eigenvalue weighted by Gasteiger charge is 2.41. The minimum absolute atomic E-state index is 0.0504. The number of hydrogen-bond acceptors (Lipinski definition) is 5. The van der Waals surface area contributed by atoms with Crippen LogP contribution in [0, 0.1) is 0 Å². The number of benzene rings is 2. The molecular formula is C18H13ClF3NO4. The van der Waals surface area contributed by atoms with E-state index in [0.29, 0.717) is 0 Å². The largest absolute Gasteiger partial charge is 0.504 e. The fourth-order valence-corrected chi connectivity index (χ4v) is 2.91. The van der Waals surface area contributed by atoms with Gasteiger partial charge in [-0.25, -0.2) is 0 Å². The molecule has 1 N–H and O–H groups in total. The summed E-state index contributed by atoms with van der Waals surface area (Å²) < 4.78 is 55.6. The van der Waals surface area contributed by atoms with Crippen LogP contribution >= 0.6 is 11.6 Å². The van der Waals surface area contributed by atoms with Crippen molar-refractivity contribution in [3.63, 3.8) is 0 Å². The average molecular weight is 400 g/mol. The fourth-order valence-electron chi connectivity index (χ4n) is 2.68. The smallest absolute Gasteiger partial charge is 0.437 e. The second-order valence-electron chi connectivity index (χ2n) is 5.41. The van der Waals surface area contributed by atoms with Gasteiger partial charge in [-0.2, -0.15) is 13.2 Å². The average Bonchev–Trinajstić information content (AvgIpc) is 3.06. The van der Waals surface area contributed by atoms with Crippen molar-refractivity contribution in [1.29, 1.82) is 0 Å². The Morgan fingerprint density at radius 1 is 1.04 bits per heavy atom. The lowest BCUT2D eigenvalue weighted by Gasteiger charge is -2.13. The van der Waals surface area contributed by atoms with Crippen molar-refractivity contribution in [1.82, 2.24) is 5.16 Å². The molecule has 0 unspecified atom stereocenters. The molecule has 1 heterocycles. The maximum atomic E-state index is 13.5. The quantitative estimate of drug-likeness (QED) is 0.636. The van der Waals surface area contributed by atoms with Crippen LogP contribution in [0.1, 0.15) is 5.69 Å². The Balaban J connectivity index is 2.33. The molecule has 0 saturated heterocycles. The van der Waals surface area contributed by atoms with Crippen LogP contribution in [0.2, 0.25) is 5.02 Å². The predicted molar refractivity (Wildman–Crippen MR) is 92.2 cm³/mol. The van der Waals surface area contributed by atoms with Gasteiger partial charge in [-0.1, -0.05) is 35.0 Å². The first-order chi connectivity index (χ1) is 12.8. The minimum Gasteiger partial charge on any atom is -0.504 e. The number of hydrogen-bond donors (Lipinski definition) is 1. The summed E-state index contributed by atoms with van der Waals surface area (Å²) in [5.41, 5.74) is -1.61. The van der Waals surface area contributed by atoms with Crippen molar-refractivity contribution in [2.24, 2.45) is 0 Å². The number of phenols is 1. The van der Waals surface area contributed by atoms with Crippen LogP contribution < -0.4 is 9.47 Å². The third kappa shape index (κ3) is 3.28. The Morgan fingerprint density at radius 2 is 1.74 bits per heavy atom. The summed E-state index contributed by atoms with van der Waals surface area (Å²) in [5.74, 6) is -0.595. The van der Waals surface area contributed by atoms with E-state index in [9.17, 15) is 18.3 Å². The van der Waals surface area contributed by atoms with E-state index in [1.165, 1.54) is 44.6 Å². The summed E-state index contributed by atoms with van der Waals surface area (Å²) in [7, 11) is 2.65. The van der Waals surface area contributed by atoms with Crippen molar-refractivity contribution >= 4 is 11.6 Å². The van der Waals surface area contributed by atoms with E-state index in [-0.39, 0.29) is 39.0 Å². The van der Waals surface area contributed by atoms with Gasteiger partial charge >= 0.3 is 6.18 Å². The van der Waals surface area contributed by atoms with Crippen LogP contribution in [0.3, 0.4) is 0 Å². The lowest BCUT2D eigenvalue weighted by atomic mass is 9.98. The molecular weight excluding hydrogens is 387 g/mol. The van der Waals surface area contributed by atoms with Gasteiger partial charge < -0.3 is 19.1 Å². The molecule has 0 aliphatic rings. The zero-order chi connectivity index (χ0) is 19.8. The summed E-state index contributed by atoms with van der Waals surface area (Å²) in [4.78, 5) is 0. The molecule has 142 valence electrons. The van der Waals surface area contributed by atoms with E-state index in [1.54, 1.807) is 6.07 Å². The van der Waals surface area contributed by atoms with Gasteiger partial charge in [0.1, 0.15) is 0 Å². The standard InChI is InChI=1S/C18H13ClF3NO4/c1-25-12-8-7-10(14(24)16(12)26-2)15-13(9-5-3-4-6-11(9)19)17(23-27-15)18(20,21)22/h3-8,24H,1-2H3. The normalized spacial score (nSPS) is 11.5. The summed E-state index contributed by atoms with van der Waals surface area (Å²) in [5, 5.41) is 13.8. The van der Waals surface area contributed by atoms with E-state index in [0.717, 1.165) is 0 Å². The molecule has 3 aromatic rings. The van der Waals surface area contributed by atoms with Crippen LogP contribution in [-0.2, 0) is 6.18 Å². The Bertz CT molecular complexity index is 985. The van der Waals surface area contributed by atoms with Crippen LogP contribution in [-0.4, -0.2) is 24.5 Å². The van der Waals surface area contributed by atoms with E-state index in [1.807, 2.05) is 0 Å². The number of halogens is 4. The minimum atomic E-state index is -4.79. The fraction of sp³-hybridized carbons (Fsp3) is 0.167. The molecule has 0 aliphatic heterocycles. The summed E-state index contributed by atoms with van der Waals surface area (Å²) >= 11 is 6.10. The van der Waals surface area contributed by atoms with E-state index >= 15 is 0 Å². The Kier molecular flexibility index (Phi) is 4.93. The SMILES string of the molecule is COc1ccc(-c2onc(C(F)(F)F)c2-c2ccccc2Cl)c(O)c1OC. The molecule has 9 heteroatoms.